The van der Waals surface area contributed by atoms with Gasteiger partial charge in [0.05, 0.1) is 12.0 Å². The van der Waals surface area contributed by atoms with Crippen molar-refractivity contribution in [3.8, 4) is 0 Å². The molecule has 82 valence electrons. The monoisotopic (exact) mass is 226 g/mol. The standard InChI is InChI=1S/C11H14O3S/c1-14-11(13)7-3-2-5-9(12)10-6-4-8-15-10/h4,6,8H,2-3,5,7H2,1H3. The van der Waals surface area contributed by atoms with Gasteiger partial charge in [-0.3, -0.25) is 9.59 Å². The normalized spacial score (nSPS) is 9.93. The summed E-state index contributed by atoms with van der Waals surface area (Å²) in [5, 5.41) is 1.89. The molecule has 3 nitrogen and oxygen atoms in total. The minimum atomic E-state index is -0.210. The summed E-state index contributed by atoms with van der Waals surface area (Å²) < 4.78 is 4.51. The topological polar surface area (TPSA) is 43.4 Å². The van der Waals surface area contributed by atoms with Crippen molar-refractivity contribution in [3.63, 3.8) is 0 Å². The third kappa shape index (κ3) is 4.25. The van der Waals surface area contributed by atoms with Crippen LogP contribution < -0.4 is 0 Å². The molecule has 0 saturated heterocycles. The highest BCUT2D eigenvalue weighted by Crippen LogP contribution is 2.13. The van der Waals surface area contributed by atoms with E-state index in [0.29, 0.717) is 19.3 Å². The molecular formula is C11H14O3S. The lowest BCUT2D eigenvalue weighted by molar-refractivity contribution is -0.140. The first-order valence-corrected chi connectivity index (χ1v) is 5.75. The smallest absolute Gasteiger partial charge is 0.305 e. The number of rotatable bonds is 6. The van der Waals surface area contributed by atoms with E-state index in [-0.39, 0.29) is 11.8 Å². The van der Waals surface area contributed by atoms with E-state index in [1.807, 2.05) is 17.5 Å². The Balaban J connectivity index is 2.16. The Labute approximate surface area is 93.1 Å². The van der Waals surface area contributed by atoms with Crippen LogP contribution in [-0.2, 0) is 9.53 Å². The molecule has 0 aliphatic heterocycles. The number of carbonyl (C=O) groups excluding carboxylic acids is 2. The average molecular weight is 226 g/mol. The van der Waals surface area contributed by atoms with Crippen LogP contribution in [0.25, 0.3) is 0 Å². The van der Waals surface area contributed by atoms with Crippen LogP contribution in [0.4, 0.5) is 0 Å². The molecule has 1 aromatic heterocycles. The highest BCUT2D eigenvalue weighted by atomic mass is 32.1. The first-order chi connectivity index (χ1) is 7.24. The Bertz CT molecular complexity index is 317. The largest absolute Gasteiger partial charge is 0.469 e. The van der Waals surface area contributed by atoms with Crippen molar-refractivity contribution in [2.45, 2.75) is 25.7 Å². The van der Waals surface area contributed by atoms with Gasteiger partial charge in [-0.2, -0.15) is 0 Å². The summed E-state index contributed by atoms with van der Waals surface area (Å²) in [5.74, 6) is -0.0477. The summed E-state index contributed by atoms with van der Waals surface area (Å²) in [6.45, 7) is 0. The van der Waals surface area contributed by atoms with E-state index < -0.39 is 0 Å². The van der Waals surface area contributed by atoms with Crippen LogP contribution in [0.5, 0.6) is 0 Å². The second kappa shape index (κ2) is 6.35. The quantitative estimate of drug-likeness (QED) is 0.425. The maximum absolute atomic E-state index is 11.5. The van der Waals surface area contributed by atoms with Crippen LogP contribution in [0, 0.1) is 0 Å². The van der Waals surface area contributed by atoms with E-state index in [0.717, 1.165) is 11.3 Å². The van der Waals surface area contributed by atoms with Crippen LogP contribution in [-0.4, -0.2) is 18.9 Å². The molecule has 0 aliphatic carbocycles. The zero-order valence-electron chi connectivity index (χ0n) is 8.69. The minimum absolute atomic E-state index is 0.162. The molecule has 1 rings (SSSR count). The van der Waals surface area contributed by atoms with E-state index in [2.05, 4.69) is 4.74 Å². The number of hydrogen-bond donors (Lipinski definition) is 0. The maximum atomic E-state index is 11.5. The maximum Gasteiger partial charge on any atom is 0.305 e. The van der Waals surface area contributed by atoms with Crippen molar-refractivity contribution >= 4 is 23.1 Å². The minimum Gasteiger partial charge on any atom is -0.469 e. The average Bonchev–Trinajstić information content (AvgIpc) is 2.77. The molecule has 0 saturated carbocycles. The van der Waals surface area contributed by atoms with Crippen LogP contribution >= 0.6 is 11.3 Å². The van der Waals surface area contributed by atoms with E-state index >= 15 is 0 Å². The molecule has 15 heavy (non-hydrogen) atoms. The number of methoxy groups -OCH3 is 1. The zero-order valence-corrected chi connectivity index (χ0v) is 9.51. The molecule has 0 radical (unpaired) electrons. The SMILES string of the molecule is COC(=O)CCCCC(=O)c1cccs1. The first-order valence-electron chi connectivity index (χ1n) is 4.87. The van der Waals surface area contributed by atoms with Crippen molar-refractivity contribution < 1.29 is 14.3 Å². The molecule has 0 unspecified atom stereocenters. The Kier molecular flexibility index (Phi) is 5.04. The molecule has 1 aromatic rings. The summed E-state index contributed by atoms with van der Waals surface area (Å²) in [5.41, 5.74) is 0. The summed E-state index contributed by atoms with van der Waals surface area (Å²) in [6, 6.07) is 3.69. The van der Waals surface area contributed by atoms with Gasteiger partial charge in [0.2, 0.25) is 0 Å². The van der Waals surface area contributed by atoms with Gasteiger partial charge in [-0.1, -0.05) is 6.07 Å². The van der Waals surface area contributed by atoms with Gasteiger partial charge in [0.15, 0.2) is 5.78 Å². The molecule has 0 N–H and O–H groups in total. The van der Waals surface area contributed by atoms with Crippen LogP contribution in [0.2, 0.25) is 0 Å². The lowest BCUT2D eigenvalue weighted by atomic mass is 10.1. The fourth-order valence-corrected chi connectivity index (χ4v) is 1.91. The van der Waals surface area contributed by atoms with Gasteiger partial charge in [0, 0.05) is 12.8 Å². The molecule has 0 spiro atoms. The Morgan fingerprint density at radius 3 is 2.67 bits per heavy atom. The lowest BCUT2D eigenvalue weighted by Gasteiger charge is -1.99. The van der Waals surface area contributed by atoms with Gasteiger partial charge >= 0.3 is 5.97 Å². The molecule has 1 heterocycles. The molecule has 0 amide bonds. The van der Waals surface area contributed by atoms with E-state index in [1.54, 1.807) is 0 Å². The van der Waals surface area contributed by atoms with Gasteiger partial charge in [-0.05, 0) is 24.3 Å². The van der Waals surface area contributed by atoms with Crippen molar-refractivity contribution in [2.24, 2.45) is 0 Å². The second-order valence-corrected chi connectivity index (χ2v) is 4.13. The number of unbranched alkanes of at least 4 members (excludes halogenated alkanes) is 1. The number of carbonyl (C=O) groups is 2. The van der Waals surface area contributed by atoms with Gasteiger partial charge in [0.1, 0.15) is 0 Å². The highest BCUT2D eigenvalue weighted by molar-refractivity contribution is 7.12. The predicted molar refractivity (Wildman–Crippen MR) is 59.1 cm³/mol. The van der Waals surface area contributed by atoms with Crippen molar-refractivity contribution in [3.05, 3.63) is 22.4 Å². The zero-order chi connectivity index (χ0) is 11.1. The third-order valence-electron chi connectivity index (χ3n) is 2.06. The van der Waals surface area contributed by atoms with Crippen molar-refractivity contribution in [1.29, 1.82) is 0 Å². The summed E-state index contributed by atoms with van der Waals surface area (Å²) in [7, 11) is 1.37. The highest BCUT2D eigenvalue weighted by Gasteiger charge is 2.07. The molecule has 0 atom stereocenters. The van der Waals surface area contributed by atoms with E-state index in [4.69, 9.17) is 0 Å². The third-order valence-corrected chi connectivity index (χ3v) is 2.97. The van der Waals surface area contributed by atoms with Gasteiger partial charge in [-0.25, -0.2) is 0 Å². The fourth-order valence-electron chi connectivity index (χ4n) is 1.22. The van der Waals surface area contributed by atoms with Crippen molar-refractivity contribution in [1.82, 2.24) is 0 Å². The number of ether oxygens (including phenoxy) is 1. The molecule has 0 bridgehead atoms. The summed E-state index contributed by atoms with van der Waals surface area (Å²) >= 11 is 1.46. The van der Waals surface area contributed by atoms with Crippen LogP contribution in [0.15, 0.2) is 17.5 Å². The van der Waals surface area contributed by atoms with Gasteiger partial charge < -0.3 is 4.74 Å². The number of thiophene rings is 1. The fraction of sp³-hybridized carbons (Fsp3) is 0.455. The number of ketones is 1. The van der Waals surface area contributed by atoms with Crippen LogP contribution in [0.3, 0.4) is 0 Å². The number of esters is 1. The predicted octanol–water partition coefficient (Wildman–Crippen LogP) is 2.66. The Morgan fingerprint density at radius 2 is 2.07 bits per heavy atom. The Hall–Kier alpha value is -1.16. The number of Topliss-reactive ketones (excluding diaryl/α,β-unsaturated/α-hetero) is 1. The van der Waals surface area contributed by atoms with Crippen molar-refractivity contribution in [2.75, 3.05) is 7.11 Å². The summed E-state index contributed by atoms with van der Waals surface area (Å²) in [4.78, 5) is 23.1. The lowest BCUT2D eigenvalue weighted by Crippen LogP contribution is -2.01. The molecule has 0 aromatic carbocycles. The number of hydrogen-bond acceptors (Lipinski definition) is 4. The first kappa shape index (κ1) is 11.9. The molecular weight excluding hydrogens is 212 g/mol. The molecule has 0 fully saturated rings. The van der Waals surface area contributed by atoms with Gasteiger partial charge in [0.25, 0.3) is 0 Å². The summed E-state index contributed by atoms with van der Waals surface area (Å²) in [6.07, 6.45) is 2.36. The Morgan fingerprint density at radius 1 is 1.33 bits per heavy atom. The van der Waals surface area contributed by atoms with E-state index in [1.165, 1.54) is 18.4 Å². The van der Waals surface area contributed by atoms with E-state index in [9.17, 15) is 9.59 Å². The second-order valence-electron chi connectivity index (χ2n) is 3.18. The van der Waals surface area contributed by atoms with Crippen LogP contribution in [0.1, 0.15) is 35.4 Å². The van der Waals surface area contributed by atoms with Gasteiger partial charge in [-0.15, -0.1) is 11.3 Å². The molecule has 0 aliphatic rings. The molecule has 4 heteroatoms.